The van der Waals surface area contributed by atoms with Crippen LogP contribution < -0.4 is 11.1 Å². The predicted molar refractivity (Wildman–Crippen MR) is 130 cm³/mol. The summed E-state index contributed by atoms with van der Waals surface area (Å²) in [5, 5.41) is 2.71. The van der Waals surface area contributed by atoms with Crippen molar-refractivity contribution in [2.75, 3.05) is 18.5 Å². The molecule has 0 aromatic heterocycles. The highest BCUT2D eigenvalue weighted by Gasteiger charge is 2.62. The third kappa shape index (κ3) is 4.53. The zero-order valence-corrected chi connectivity index (χ0v) is 20.4. The lowest BCUT2D eigenvalue weighted by Crippen LogP contribution is -2.49. The van der Waals surface area contributed by atoms with Gasteiger partial charge in [-0.1, -0.05) is 48.5 Å². The lowest BCUT2D eigenvalue weighted by atomic mass is 9.67. The second-order valence-electron chi connectivity index (χ2n) is 8.15. The van der Waals surface area contributed by atoms with Gasteiger partial charge < -0.3 is 30.0 Å². The third-order valence-electron chi connectivity index (χ3n) is 5.93. The van der Waals surface area contributed by atoms with E-state index in [1.165, 1.54) is 0 Å². The van der Waals surface area contributed by atoms with E-state index < -0.39 is 41.5 Å². The average Bonchev–Trinajstić information content (AvgIpc) is 3.15. The van der Waals surface area contributed by atoms with Crippen LogP contribution in [0.4, 0.5) is 5.69 Å². The fourth-order valence-electron chi connectivity index (χ4n) is 4.49. The lowest BCUT2D eigenvalue weighted by molar-refractivity contribution is -0.144. The Kier molecular flexibility index (Phi) is 7.28. The molecule has 192 valence electrons. The molecule has 0 saturated heterocycles. The van der Waals surface area contributed by atoms with Crippen LogP contribution in [-0.2, 0) is 50.1 Å². The summed E-state index contributed by atoms with van der Waals surface area (Å²) in [4.78, 5) is 53.2. The minimum absolute atomic E-state index is 0.0403. The first-order chi connectivity index (χ1) is 17.8. The smallest absolute Gasteiger partial charge is 0.341 e. The topological polar surface area (TPSA) is 143 Å². The number of para-hydroxylation sites is 1. The minimum atomic E-state index is -2.08. The Morgan fingerprint density at radius 1 is 0.892 bits per heavy atom. The van der Waals surface area contributed by atoms with Crippen LogP contribution in [0.2, 0.25) is 0 Å². The van der Waals surface area contributed by atoms with Crippen LogP contribution in [0.15, 0.2) is 77.4 Å². The van der Waals surface area contributed by atoms with E-state index in [9.17, 15) is 19.2 Å². The molecule has 0 saturated carbocycles. The Hall–Kier alpha value is -4.60. The third-order valence-corrected chi connectivity index (χ3v) is 5.93. The lowest BCUT2D eigenvalue weighted by Gasteiger charge is -2.36. The van der Waals surface area contributed by atoms with Crippen molar-refractivity contribution in [3.05, 3.63) is 88.5 Å². The van der Waals surface area contributed by atoms with Gasteiger partial charge in [-0.25, -0.2) is 9.59 Å². The van der Waals surface area contributed by atoms with Crippen molar-refractivity contribution in [1.82, 2.24) is 0 Å². The van der Waals surface area contributed by atoms with Gasteiger partial charge in [-0.15, -0.1) is 0 Å². The van der Waals surface area contributed by atoms with E-state index in [-0.39, 0.29) is 42.3 Å². The van der Waals surface area contributed by atoms with Crippen LogP contribution in [0.3, 0.4) is 0 Å². The van der Waals surface area contributed by atoms with Gasteiger partial charge in [0.05, 0.1) is 13.2 Å². The van der Waals surface area contributed by atoms with Gasteiger partial charge in [0.2, 0.25) is 11.8 Å². The van der Waals surface area contributed by atoms with E-state index >= 15 is 0 Å². The fourth-order valence-corrected chi connectivity index (χ4v) is 4.49. The maximum Gasteiger partial charge on any atom is 0.341 e. The molecule has 0 fully saturated rings. The first-order valence-electron chi connectivity index (χ1n) is 11.7. The molecule has 2 aliphatic rings. The Balaban J connectivity index is 1.91. The van der Waals surface area contributed by atoms with E-state index in [0.29, 0.717) is 11.3 Å². The van der Waals surface area contributed by atoms with Crippen LogP contribution in [-0.4, -0.2) is 37.0 Å². The summed E-state index contributed by atoms with van der Waals surface area (Å²) in [6.45, 7) is 3.13. The Labute approximate surface area is 213 Å². The molecule has 0 aliphatic carbocycles. The van der Waals surface area contributed by atoms with Gasteiger partial charge in [-0.3, -0.25) is 9.59 Å². The SMILES string of the molecule is CCOC(=O)CC1=C(C(=O)OCC)C2(C(=O)Nc3ccccc32)C(C(=O)OCc2ccccc2)=C(N)O1. The highest BCUT2D eigenvalue weighted by Crippen LogP contribution is 2.53. The largest absolute Gasteiger partial charge is 0.466 e. The van der Waals surface area contributed by atoms with Gasteiger partial charge in [0.1, 0.15) is 35.3 Å². The summed E-state index contributed by atoms with van der Waals surface area (Å²) in [7, 11) is 0. The molecule has 10 heteroatoms. The molecule has 2 aromatic rings. The quantitative estimate of drug-likeness (QED) is 0.408. The Morgan fingerprint density at radius 3 is 2.24 bits per heavy atom. The second-order valence-corrected chi connectivity index (χ2v) is 8.15. The number of ether oxygens (including phenoxy) is 4. The van der Waals surface area contributed by atoms with Crippen LogP contribution in [0.25, 0.3) is 0 Å². The van der Waals surface area contributed by atoms with E-state index in [2.05, 4.69) is 5.32 Å². The molecule has 10 nitrogen and oxygen atoms in total. The number of benzene rings is 2. The van der Waals surface area contributed by atoms with Crippen LogP contribution >= 0.6 is 0 Å². The molecule has 0 radical (unpaired) electrons. The highest BCUT2D eigenvalue weighted by atomic mass is 16.6. The maximum atomic E-state index is 13.8. The molecule has 37 heavy (non-hydrogen) atoms. The summed E-state index contributed by atoms with van der Waals surface area (Å²) in [5.41, 5.74) is 4.74. The maximum absolute atomic E-state index is 13.8. The monoisotopic (exact) mass is 506 g/mol. The zero-order chi connectivity index (χ0) is 26.6. The normalized spacial score (nSPS) is 18.2. The number of esters is 3. The molecule has 2 aromatic carbocycles. The number of rotatable bonds is 8. The summed E-state index contributed by atoms with van der Waals surface area (Å²) in [5.74, 6) is -4.10. The molecule has 0 bridgehead atoms. The van der Waals surface area contributed by atoms with Crippen molar-refractivity contribution >= 4 is 29.5 Å². The van der Waals surface area contributed by atoms with Gasteiger partial charge in [0.15, 0.2) is 0 Å². The number of hydrogen-bond acceptors (Lipinski definition) is 9. The summed E-state index contributed by atoms with van der Waals surface area (Å²) < 4.78 is 21.5. The van der Waals surface area contributed by atoms with E-state index in [0.717, 1.165) is 0 Å². The van der Waals surface area contributed by atoms with Crippen LogP contribution in [0.5, 0.6) is 0 Å². The van der Waals surface area contributed by atoms with Gasteiger partial charge in [0.25, 0.3) is 0 Å². The molecule has 2 heterocycles. The van der Waals surface area contributed by atoms with Gasteiger partial charge in [0, 0.05) is 11.3 Å². The van der Waals surface area contributed by atoms with Crippen molar-refractivity contribution in [2.45, 2.75) is 32.3 Å². The number of nitrogens with one attached hydrogen (secondary N) is 1. The number of carbonyl (C=O) groups excluding carboxylic acids is 4. The Morgan fingerprint density at radius 2 is 1.54 bits per heavy atom. The number of amides is 1. The molecular formula is C27H26N2O8. The van der Waals surface area contributed by atoms with Crippen LogP contribution in [0.1, 0.15) is 31.4 Å². The summed E-state index contributed by atoms with van der Waals surface area (Å²) in [6, 6.07) is 15.4. The van der Waals surface area contributed by atoms with Gasteiger partial charge in [-0.2, -0.15) is 0 Å². The molecule has 2 aliphatic heterocycles. The van der Waals surface area contributed by atoms with Crippen LogP contribution in [0, 0.1) is 0 Å². The highest BCUT2D eigenvalue weighted by molar-refractivity contribution is 6.21. The van der Waals surface area contributed by atoms with E-state index in [4.69, 9.17) is 24.7 Å². The fraction of sp³-hybridized carbons (Fsp3) is 0.259. The summed E-state index contributed by atoms with van der Waals surface area (Å²) in [6.07, 6.45) is -0.522. The minimum Gasteiger partial charge on any atom is -0.466 e. The molecule has 4 rings (SSSR count). The number of carbonyl (C=O) groups is 4. The zero-order valence-electron chi connectivity index (χ0n) is 20.4. The standard InChI is InChI=1S/C27H26N2O8/c1-3-34-20(30)14-19-21(24(31)35-4-2)27(17-12-8-9-13-18(17)29-26(27)33)22(23(28)37-19)25(32)36-15-16-10-6-5-7-11-16/h5-13H,3-4,14-15,28H2,1-2H3,(H,29,33). The molecule has 1 unspecified atom stereocenters. The number of anilines is 1. The number of nitrogens with two attached hydrogens (primary N) is 1. The molecule has 1 atom stereocenters. The molecular weight excluding hydrogens is 480 g/mol. The molecule has 1 spiro atoms. The first kappa shape index (κ1) is 25.5. The number of fused-ring (bicyclic) bond motifs is 2. The van der Waals surface area contributed by atoms with Gasteiger partial charge >= 0.3 is 17.9 Å². The van der Waals surface area contributed by atoms with Crippen molar-refractivity contribution in [3.8, 4) is 0 Å². The first-order valence-corrected chi connectivity index (χ1v) is 11.7. The molecule has 3 N–H and O–H groups in total. The van der Waals surface area contributed by atoms with Gasteiger partial charge in [-0.05, 0) is 25.5 Å². The van der Waals surface area contributed by atoms with Crippen molar-refractivity contribution in [3.63, 3.8) is 0 Å². The Bertz CT molecular complexity index is 1310. The van der Waals surface area contributed by atoms with E-state index in [1.54, 1.807) is 62.4 Å². The number of hydrogen-bond donors (Lipinski definition) is 2. The predicted octanol–water partition coefficient (Wildman–Crippen LogP) is 2.59. The van der Waals surface area contributed by atoms with Crippen molar-refractivity contribution in [1.29, 1.82) is 0 Å². The molecule has 1 amide bonds. The van der Waals surface area contributed by atoms with Crippen molar-refractivity contribution < 1.29 is 38.1 Å². The second kappa shape index (κ2) is 10.6. The van der Waals surface area contributed by atoms with E-state index in [1.807, 2.05) is 6.07 Å². The van der Waals surface area contributed by atoms with Crippen molar-refractivity contribution in [2.24, 2.45) is 5.73 Å². The summed E-state index contributed by atoms with van der Waals surface area (Å²) >= 11 is 0. The average molecular weight is 507 g/mol.